The van der Waals surface area contributed by atoms with Crippen LogP contribution in [0.1, 0.15) is 111 Å². The van der Waals surface area contributed by atoms with Gasteiger partial charge in [0, 0.05) is 12.8 Å². The van der Waals surface area contributed by atoms with Crippen molar-refractivity contribution in [3.05, 3.63) is 0 Å². The van der Waals surface area contributed by atoms with Gasteiger partial charge in [-0.25, -0.2) is 0 Å². The summed E-state index contributed by atoms with van der Waals surface area (Å²) in [6.07, 6.45) is 16.1. The molecule has 0 aliphatic heterocycles. The third-order valence-electron chi connectivity index (χ3n) is 4.18. The van der Waals surface area contributed by atoms with E-state index in [1.807, 2.05) is 0 Å². The minimum atomic E-state index is -1.39. The molecule has 0 heterocycles. The molecular formula is C20H40O4S. The lowest BCUT2D eigenvalue weighted by Crippen LogP contribution is -2.09. The van der Waals surface area contributed by atoms with Gasteiger partial charge in [0.25, 0.3) is 0 Å². The maximum atomic E-state index is 11.4. The van der Waals surface area contributed by atoms with Crippen molar-refractivity contribution in [2.45, 2.75) is 111 Å². The van der Waals surface area contributed by atoms with E-state index in [4.69, 9.17) is 8.37 Å². The van der Waals surface area contributed by atoms with E-state index in [1.165, 1.54) is 64.2 Å². The van der Waals surface area contributed by atoms with Crippen LogP contribution >= 0.6 is 11.5 Å². The minimum Gasteiger partial charge on any atom is -0.347 e. The highest BCUT2D eigenvalue weighted by atomic mass is 32.2. The van der Waals surface area contributed by atoms with Crippen LogP contribution in [0.25, 0.3) is 0 Å². The summed E-state index contributed by atoms with van der Waals surface area (Å²) in [4.78, 5) is 22.8. The van der Waals surface area contributed by atoms with Crippen molar-refractivity contribution in [3.8, 4) is 0 Å². The summed E-state index contributed by atoms with van der Waals surface area (Å²) in [5.41, 5.74) is 0. The van der Waals surface area contributed by atoms with Crippen molar-refractivity contribution >= 4 is 23.4 Å². The van der Waals surface area contributed by atoms with E-state index >= 15 is 0 Å². The second-order valence-corrected chi connectivity index (χ2v) is 8.06. The zero-order valence-corrected chi connectivity index (χ0v) is 17.6. The summed E-state index contributed by atoms with van der Waals surface area (Å²) >= 11 is -1.39. The smallest absolute Gasteiger partial charge is 0.328 e. The molecule has 0 atom stereocenters. The van der Waals surface area contributed by atoms with Gasteiger partial charge >= 0.3 is 11.9 Å². The number of thiol groups is 1. The van der Waals surface area contributed by atoms with Crippen molar-refractivity contribution in [3.63, 3.8) is 0 Å². The van der Waals surface area contributed by atoms with Crippen molar-refractivity contribution in [1.82, 2.24) is 0 Å². The van der Waals surface area contributed by atoms with Crippen molar-refractivity contribution in [2.24, 2.45) is 0 Å². The van der Waals surface area contributed by atoms with Gasteiger partial charge in [0.05, 0.1) is 5.75 Å². The Hall–Kier alpha value is -0.710. The fourth-order valence-corrected chi connectivity index (χ4v) is 3.96. The van der Waals surface area contributed by atoms with Crippen LogP contribution in [-0.2, 0) is 18.0 Å². The Balaban J connectivity index is 3.60. The summed E-state index contributed by atoms with van der Waals surface area (Å²) in [6, 6.07) is 0. The Morgan fingerprint density at radius 1 is 0.600 bits per heavy atom. The van der Waals surface area contributed by atoms with Crippen LogP contribution in [0.4, 0.5) is 0 Å². The van der Waals surface area contributed by atoms with Gasteiger partial charge in [0.15, 0.2) is 0 Å². The summed E-state index contributed by atoms with van der Waals surface area (Å²) in [5.74, 6) is 0.104. The maximum absolute atomic E-state index is 11.4. The molecule has 0 saturated heterocycles. The molecule has 0 aromatic carbocycles. The maximum Gasteiger partial charge on any atom is 0.328 e. The normalized spacial score (nSPS) is 11.2. The first-order valence-corrected chi connectivity index (χ1v) is 11.7. The number of hydrogen-bond acceptors (Lipinski definition) is 4. The average molecular weight is 377 g/mol. The van der Waals surface area contributed by atoms with Gasteiger partial charge in [-0.05, 0) is 6.42 Å². The average Bonchev–Trinajstić information content (AvgIpc) is 2.62. The lowest BCUT2D eigenvalue weighted by atomic mass is 10.1. The molecule has 0 aromatic rings. The number of hydrogen-bond donors (Lipinski definition) is 1. The largest absolute Gasteiger partial charge is 0.347 e. The van der Waals surface area contributed by atoms with Gasteiger partial charge in [0.2, 0.25) is 0 Å². The van der Waals surface area contributed by atoms with Gasteiger partial charge < -0.3 is 8.37 Å². The molecule has 0 unspecified atom stereocenters. The highest BCUT2D eigenvalue weighted by Crippen LogP contribution is 2.31. The molecule has 0 fully saturated rings. The van der Waals surface area contributed by atoms with Crippen LogP contribution in [0.3, 0.4) is 0 Å². The summed E-state index contributed by atoms with van der Waals surface area (Å²) in [5, 5.41) is 0. The van der Waals surface area contributed by atoms with Crippen LogP contribution in [0.15, 0.2) is 0 Å². The SMILES string of the molecule is CCCCCCCCCCCCCC[SH](OC(=O)CC)OC(=O)CC. The Labute approximate surface area is 158 Å². The fraction of sp³-hybridized carbons (Fsp3) is 0.900. The second kappa shape index (κ2) is 18.1. The number of unbranched alkanes of at least 4 members (excludes halogenated alkanes) is 11. The van der Waals surface area contributed by atoms with Gasteiger partial charge in [-0.1, -0.05) is 91.4 Å². The van der Waals surface area contributed by atoms with Crippen LogP contribution in [0, 0.1) is 0 Å². The van der Waals surface area contributed by atoms with Gasteiger partial charge in [0.1, 0.15) is 0 Å². The van der Waals surface area contributed by atoms with Crippen LogP contribution in [0.2, 0.25) is 0 Å². The highest BCUT2D eigenvalue weighted by molar-refractivity contribution is 8.09. The molecule has 5 heteroatoms. The summed E-state index contributed by atoms with van der Waals surface area (Å²) in [7, 11) is 0. The first kappa shape index (κ1) is 24.3. The highest BCUT2D eigenvalue weighted by Gasteiger charge is 2.11. The molecule has 0 N–H and O–H groups in total. The van der Waals surface area contributed by atoms with E-state index in [2.05, 4.69) is 6.92 Å². The molecule has 0 aromatic heterocycles. The molecule has 0 radical (unpaired) electrons. The number of carbonyl (C=O) groups is 2. The van der Waals surface area contributed by atoms with Crippen LogP contribution < -0.4 is 0 Å². The standard InChI is InChI=1S/C20H40O4S/c1-4-7-8-9-10-11-12-13-14-15-16-17-18-25(23-19(21)5-2)24-20(22)6-3/h25H,4-18H2,1-3H3. The summed E-state index contributed by atoms with van der Waals surface area (Å²) < 4.78 is 10.5. The minimum absolute atomic E-state index is 0.283. The monoisotopic (exact) mass is 376 g/mol. The quantitative estimate of drug-likeness (QED) is 0.235. The Morgan fingerprint density at radius 3 is 1.32 bits per heavy atom. The van der Waals surface area contributed by atoms with Crippen molar-refractivity contribution in [2.75, 3.05) is 5.75 Å². The first-order chi connectivity index (χ1) is 12.1. The van der Waals surface area contributed by atoms with E-state index in [9.17, 15) is 9.59 Å². The third kappa shape index (κ3) is 16.5. The van der Waals surface area contributed by atoms with Gasteiger partial charge in [-0.15, -0.1) is 11.5 Å². The van der Waals surface area contributed by atoms with Gasteiger partial charge in [-0.3, -0.25) is 9.59 Å². The number of carbonyl (C=O) groups excluding carboxylic acids is 2. The topological polar surface area (TPSA) is 52.6 Å². The Kier molecular flexibility index (Phi) is 17.6. The predicted octanol–water partition coefficient (Wildman–Crippen LogP) is 6.43. The second-order valence-electron chi connectivity index (χ2n) is 6.58. The molecule has 25 heavy (non-hydrogen) atoms. The number of rotatable bonds is 17. The molecule has 0 aliphatic carbocycles. The zero-order chi connectivity index (χ0) is 18.8. The molecule has 4 nitrogen and oxygen atoms in total. The summed E-state index contributed by atoms with van der Waals surface area (Å²) in [6.45, 7) is 5.76. The molecule has 0 spiro atoms. The van der Waals surface area contributed by atoms with Crippen LogP contribution in [0.5, 0.6) is 0 Å². The Bertz CT molecular complexity index is 316. The predicted molar refractivity (Wildman–Crippen MR) is 108 cm³/mol. The lowest BCUT2D eigenvalue weighted by molar-refractivity contribution is -0.136. The molecule has 0 aliphatic rings. The van der Waals surface area contributed by atoms with Gasteiger partial charge in [-0.2, -0.15) is 0 Å². The lowest BCUT2D eigenvalue weighted by Gasteiger charge is -2.24. The van der Waals surface area contributed by atoms with E-state index in [0.717, 1.165) is 12.8 Å². The van der Waals surface area contributed by atoms with E-state index in [1.54, 1.807) is 13.8 Å². The molecule has 150 valence electrons. The molecule has 0 saturated carbocycles. The van der Waals surface area contributed by atoms with Crippen LogP contribution in [-0.4, -0.2) is 17.7 Å². The molecule has 0 rings (SSSR count). The first-order valence-electron chi connectivity index (χ1n) is 10.3. The molecule has 0 amide bonds. The van der Waals surface area contributed by atoms with E-state index < -0.39 is 11.5 Å². The Morgan fingerprint density at radius 2 is 0.960 bits per heavy atom. The molecule has 0 bridgehead atoms. The zero-order valence-electron chi connectivity index (χ0n) is 16.7. The fourth-order valence-electron chi connectivity index (χ4n) is 2.55. The van der Waals surface area contributed by atoms with Crippen molar-refractivity contribution < 1.29 is 18.0 Å². The third-order valence-corrected chi connectivity index (χ3v) is 5.67. The van der Waals surface area contributed by atoms with E-state index in [0.29, 0.717) is 18.6 Å². The van der Waals surface area contributed by atoms with E-state index in [-0.39, 0.29) is 11.9 Å². The van der Waals surface area contributed by atoms with Crippen molar-refractivity contribution in [1.29, 1.82) is 0 Å². The molecular weight excluding hydrogens is 336 g/mol.